The van der Waals surface area contributed by atoms with Gasteiger partial charge in [-0.2, -0.15) is 0 Å². The minimum atomic E-state index is 0.567. The average Bonchev–Trinajstić information content (AvgIpc) is 2.76. The third-order valence-corrected chi connectivity index (χ3v) is 6.02. The lowest BCUT2D eigenvalue weighted by Gasteiger charge is -2.28. The van der Waals surface area contributed by atoms with Crippen molar-refractivity contribution in [3.63, 3.8) is 0 Å². The van der Waals surface area contributed by atoms with Crippen molar-refractivity contribution in [3.05, 3.63) is 29.8 Å². The Morgan fingerprint density at radius 2 is 2.11 bits per heavy atom. The monoisotopic (exact) mass is 276 g/mol. The van der Waals surface area contributed by atoms with Crippen molar-refractivity contribution in [1.29, 1.82) is 0 Å². The Morgan fingerprint density at radius 1 is 1.32 bits per heavy atom. The maximum atomic E-state index is 5.85. The van der Waals surface area contributed by atoms with E-state index in [1.54, 1.807) is 0 Å². The molecule has 2 unspecified atom stereocenters. The van der Waals surface area contributed by atoms with Crippen molar-refractivity contribution in [2.75, 3.05) is 20.1 Å². The van der Waals surface area contributed by atoms with E-state index in [1.807, 2.05) is 0 Å². The van der Waals surface area contributed by atoms with Gasteiger partial charge in [0.25, 0.3) is 0 Å². The van der Waals surface area contributed by atoms with Crippen molar-refractivity contribution in [2.24, 2.45) is 11.7 Å². The van der Waals surface area contributed by atoms with Crippen molar-refractivity contribution in [1.82, 2.24) is 4.90 Å². The molecular weight excluding hydrogens is 252 g/mol. The number of thioether (sulfide) groups is 1. The summed E-state index contributed by atoms with van der Waals surface area (Å²) >= 11 is 2.10. The Balaban J connectivity index is 1.79. The second-order valence-electron chi connectivity index (χ2n) is 6.00. The van der Waals surface area contributed by atoms with Gasteiger partial charge in [0.1, 0.15) is 0 Å². The minimum Gasteiger partial charge on any atom is -0.330 e. The number of hydrogen-bond donors (Lipinski definition) is 1. The SMILES string of the molecule is CN1CC(CN)CC1c1ccccc1SC1CCC1. The number of likely N-dealkylation sites (tertiary alicyclic amines) is 1. The molecule has 3 heteroatoms. The summed E-state index contributed by atoms with van der Waals surface area (Å²) in [6, 6.07) is 9.56. The van der Waals surface area contributed by atoms with Crippen LogP contribution in [0, 0.1) is 5.92 Å². The Bertz CT molecular complexity index is 431. The molecule has 1 aromatic carbocycles. The summed E-state index contributed by atoms with van der Waals surface area (Å²) in [5.74, 6) is 0.664. The van der Waals surface area contributed by atoms with Crippen LogP contribution in [0.4, 0.5) is 0 Å². The van der Waals surface area contributed by atoms with Gasteiger partial charge in [-0.05, 0) is 50.4 Å². The fraction of sp³-hybridized carbons (Fsp3) is 0.625. The first-order chi connectivity index (χ1) is 9.28. The van der Waals surface area contributed by atoms with E-state index < -0.39 is 0 Å². The second-order valence-corrected chi connectivity index (χ2v) is 7.34. The van der Waals surface area contributed by atoms with Crippen molar-refractivity contribution in [2.45, 2.75) is 41.9 Å². The molecule has 0 aromatic heterocycles. The summed E-state index contributed by atoms with van der Waals surface area (Å²) in [5, 5.41) is 0.859. The molecular formula is C16H24N2S. The Kier molecular flexibility index (Phi) is 4.15. The van der Waals surface area contributed by atoms with Crippen LogP contribution in [0.1, 0.15) is 37.3 Å². The predicted octanol–water partition coefficient (Wildman–Crippen LogP) is 3.28. The molecule has 104 valence electrons. The predicted molar refractivity (Wildman–Crippen MR) is 82.5 cm³/mol. The zero-order valence-electron chi connectivity index (χ0n) is 11.7. The van der Waals surface area contributed by atoms with Crippen LogP contribution in [-0.4, -0.2) is 30.3 Å². The standard InChI is InChI=1S/C16H24N2S/c1-18-11-12(10-17)9-15(18)14-7-2-3-8-16(14)19-13-5-4-6-13/h2-3,7-8,12-13,15H,4-6,9-11,17H2,1H3. The van der Waals surface area contributed by atoms with E-state index in [9.17, 15) is 0 Å². The number of hydrogen-bond acceptors (Lipinski definition) is 3. The van der Waals surface area contributed by atoms with Crippen LogP contribution >= 0.6 is 11.8 Å². The summed E-state index contributed by atoms with van der Waals surface area (Å²) in [4.78, 5) is 3.99. The smallest absolute Gasteiger partial charge is 0.0359 e. The molecule has 1 aliphatic carbocycles. The zero-order chi connectivity index (χ0) is 13.2. The number of nitrogens with zero attached hydrogens (tertiary/aromatic N) is 1. The minimum absolute atomic E-state index is 0.567. The van der Waals surface area contributed by atoms with E-state index in [0.717, 1.165) is 18.3 Å². The summed E-state index contributed by atoms with van der Waals surface area (Å²) in [7, 11) is 2.24. The molecule has 2 aliphatic rings. The van der Waals surface area contributed by atoms with E-state index >= 15 is 0 Å². The number of nitrogens with two attached hydrogens (primary N) is 1. The van der Waals surface area contributed by atoms with Gasteiger partial charge in [-0.1, -0.05) is 24.6 Å². The van der Waals surface area contributed by atoms with Crippen LogP contribution in [0.3, 0.4) is 0 Å². The first-order valence-electron chi connectivity index (χ1n) is 7.44. The number of benzene rings is 1. The van der Waals surface area contributed by atoms with Crippen LogP contribution in [-0.2, 0) is 0 Å². The zero-order valence-corrected chi connectivity index (χ0v) is 12.5. The van der Waals surface area contributed by atoms with Crippen LogP contribution in [0.15, 0.2) is 29.2 Å². The van der Waals surface area contributed by atoms with Crippen molar-refractivity contribution < 1.29 is 0 Å². The van der Waals surface area contributed by atoms with Crippen LogP contribution in [0.5, 0.6) is 0 Å². The summed E-state index contributed by atoms with van der Waals surface area (Å²) in [6.07, 6.45) is 5.42. The normalized spacial score (nSPS) is 28.5. The molecule has 2 fully saturated rings. The molecule has 0 bridgehead atoms. The van der Waals surface area contributed by atoms with E-state index in [2.05, 4.69) is 48.0 Å². The molecule has 1 aromatic rings. The summed E-state index contributed by atoms with van der Waals surface area (Å²) < 4.78 is 0. The molecule has 0 radical (unpaired) electrons. The number of rotatable bonds is 4. The van der Waals surface area contributed by atoms with Crippen LogP contribution < -0.4 is 5.73 Å². The van der Waals surface area contributed by atoms with E-state index in [1.165, 1.54) is 36.1 Å². The highest BCUT2D eigenvalue weighted by atomic mass is 32.2. The molecule has 3 rings (SSSR count). The average molecular weight is 276 g/mol. The molecule has 1 saturated carbocycles. The highest BCUT2D eigenvalue weighted by Crippen LogP contribution is 2.42. The van der Waals surface area contributed by atoms with Gasteiger partial charge < -0.3 is 5.73 Å². The van der Waals surface area contributed by atoms with E-state index in [0.29, 0.717) is 12.0 Å². The van der Waals surface area contributed by atoms with Crippen molar-refractivity contribution >= 4 is 11.8 Å². The molecule has 2 nitrogen and oxygen atoms in total. The largest absolute Gasteiger partial charge is 0.330 e. The third kappa shape index (κ3) is 2.83. The van der Waals surface area contributed by atoms with Gasteiger partial charge in [0.05, 0.1) is 0 Å². The van der Waals surface area contributed by atoms with E-state index in [4.69, 9.17) is 5.73 Å². The Morgan fingerprint density at radius 3 is 2.74 bits per heavy atom. The molecule has 1 heterocycles. The maximum absolute atomic E-state index is 5.85. The van der Waals surface area contributed by atoms with Gasteiger partial charge in [0.15, 0.2) is 0 Å². The third-order valence-electron chi connectivity index (χ3n) is 4.59. The molecule has 2 N–H and O–H groups in total. The van der Waals surface area contributed by atoms with Gasteiger partial charge in [0, 0.05) is 22.7 Å². The summed E-state index contributed by atoms with van der Waals surface area (Å²) in [5.41, 5.74) is 7.38. The van der Waals surface area contributed by atoms with Gasteiger partial charge in [-0.3, -0.25) is 4.90 Å². The van der Waals surface area contributed by atoms with Crippen molar-refractivity contribution in [3.8, 4) is 0 Å². The molecule has 2 atom stereocenters. The first kappa shape index (κ1) is 13.5. The fourth-order valence-electron chi connectivity index (χ4n) is 3.17. The summed E-state index contributed by atoms with van der Waals surface area (Å²) in [6.45, 7) is 1.96. The lowest BCUT2D eigenvalue weighted by atomic mass is 9.99. The van der Waals surface area contributed by atoms with Gasteiger partial charge >= 0.3 is 0 Å². The first-order valence-corrected chi connectivity index (χ1v) is 8.31. The Labute approximate surface area is 120 Å². The molecule has 1 aliphatic heterocycles. The van der Waals surface area contributed by atoms with Gasteiger partial charge in [-0.15, -0.1) is 11.8 Å². The highest BCUT2D eigenvalue weighted by Gasteiger charge is 2.31. The van der Waals surface area contributed by atoms with Gasteiger partial charge in [0.2, 0.25) is 0 Å². The lowest BCUT2D eigenvalue weighted by Crippen LogP contribution is -2.21. The highest BCUT2D eigenvalue weighted by molar-refractivity contribution is 8.00. The fourth-order valence-corrected chi connectivity index (χ4v) is 4.60. The van der Waals surface area contributed by atoms with E-state index in [-0.39, 0.29) is 0 Å². The van der Waals surface area contributed by atoms with Gasteiger partial charge in [-0.25, -0.2) is 0 Å². The molecule has 19 heavy (non-hydrogen) atoms. The topological polar surface area (TPSA) is 29.3 Å². The van der Waals surface area contributed by atoms with Crippen LogP contribution in [0.25, 0.3) is 0 Å². The lowest BCUT2D eigenvalue weighted by molar-refractivity contribution is 0.310. The second kappa shape index (κ2) is 5.86. The molecule has 1 saturated heterocycles. The molecule has 0 spiro atoms. The van der Waals surface area contributed by atoms with Crippen LogP contribution in [0.2, 0.25) is 0 Å². The maximum Gasteiger partial charge on any atom is 0.0359 e. The quantitative estimate of drug-likeness (QED) is 0.915. The Hall–Kier alpha value is -0.510. The molecule has 0 amide bonds.